The monoisotopic (exact) mass is 436 g/mol. The third-order valence-corrected chi connectivity index (χ3v) is 6.64. The van der Waals surface area contributed by atoms with Gasteiger partial charge in [0, 0.05) is 17.3 Å². The summed E-state index contributed by atoms with van der Waals surface area (Å²) in [6.45, 7) is 3.98. The van der Waals surface area contributed by atoms with E-state index in [-0.39, 0.29) is 11.2 Å². The second-order valence-corrected chi connectivity index (χ2v) is 9.27. The molecule has 0 bridgehead atoms. The Morgan fingerprint density at radius 3 is 2.58 bits per heavy atom. The standard InChI is InChI=1S/C24H28N4O2S/c1-16-7-6-8-18(15-16)22-26-27-24(28(22)20-11-13-21(30-3)14-12-20)31-17(2)23(29)25-19-9-4-5-10-19/h6-8,11-15,17,19H,4-5,9-10H2,1-3H3,(H,25,29). The maximum absolute atomic E-state index is 12.8. The Morgan fingerprint density at radius 2 is 1.90 bits per heavy atom. The summed E-state index contributed by atoms with van der Waals surface area (Å²) in [5.74, 6) is 1.59. The first kappa shape index (κ1) is 21.4. The predicted octanol–water partition coefficient (Wildman–Crippen LogP) is 4.79. The molecular weight excluding hydrogens is 408 g/mol. The molecule has 1 saturated carbocycles. The molecule has 31 heavy (non-hydrogen) atoms. The van der Waals surface area contributed by atoms with E-state index >= 15 is 0 Å². The number of methoxy groups -OCH3 is 1. The molecule has 1 amide bonds. The molecule has 1 fully saturated rings. The van der Waals surface area contributed by atoms with E-state index in [0.717, 1.165) is 41.2 Å². The minimum Gasteiger partial charge on any atom is -0.497 e. The number of rotatable bonds is 7. The minimum absolute atomic E-state index is 0.0540. The lowest BCUT2D eigenvalue weighted by atomic mass is 10.1. The van der Waals surface area contributed by atoms with Gasteiger partial charge in [-0.2, -0.15) is 0 Å². The first-order valence-corrected chi connectivity index (χ1v) is 11.6. The van der Waals surface area contributed by atoms with Gasteiger partial charge in [0.2, 0.25) is 5.91 Å². The summed E-state index contributed by atoms with van der Waals surface area (Å²) in [4.78, 5) is 12.8. The molecule has 0 saturated heterocycles. The van der Waals surface area contributed by atoms with E-state index in [4.69, 9.17) is 4.74 Å². The third-order valence-electron chi connectivity index (χ3n) is 5.59. The van der Waals surface area contributed by atoms with E-state index < -0.39 is 0 Å². The van der Waals surface area contributed by atoms with Crippen molar-refractivity contribution in [3.63, 3.8) is 0 Å². The maximum Gasteiger partial charge on any atom is 0.233 e. The molecular formula is C24H28N4O2S. The normalized spacial score (nSPS) is 15.1. The molecule has 1 aromatic heterocycles. The van der Waals surface area contributed by atoms with Crippen LogP contribution in [0.15, 0.2) is 53.7 Å². The number of ether oxygens (including phenoxy) is 1. The average Bonchev–Trinajstić information content (AvgIpc) is 3.44. The van der Waals surface area contributed by atoms with Crippen molar-refractivity contribution >= 4 is 17.7 Å². The van der Waals surface area contributed by atoms with Crippen molar-refractivity contribution in [3.05, 3.63) is 54.1 Å². The molecule has 0 radical (unpaired) electrons. The molecule has 1 aliphatic rings. The largest absolute Gasteiger partial charge is 0.497 e. The van der Waals surface area contributed by atoms with E-state index in [1.807, 2.05) is 47.9 Å². The highest BCUT2D eigenvalue weighted by molar-refractivity contribution is 8.00. The van der Waals surface area contributed by atoms with Gasteiger partial charge in [-0.05, 0) is 57.0 Å². The van der Waals surface area contributed by atoms with E-state index in [0.29, 0.717) is 11.2 Å². The topological polar surface area (TPSA) is 69.0 Å². The Kier molecular flexibility index (Phi) is 6.61. The molecule has 3 aromatic rings. The average molecular weight is 437 g/mol. The summed E-state index contributed by atoms with van der Waals surface area (Å²) < 4.78 is 7.32. The van der Waals surface area contributed by atoms with Crippen molar-refractivity contribution in [2.75, 3.05) is 7.11 Å². The zero-order valence-electron chi connectivity index (χ0n) is 18.2. The van der Waals surface area contributed by atoms with Gasteiger partial charge in [-0.25, -0.2) is 0 Å². The van der Waals surface area contributed by atoms with Crippen molar-refractivity contribution in [2.45, 2.75) is 56.0 Å². The minimum atomic E-state index is -0.271. The molecule has 1 heterocycles. The van der Waals surface area contributed by atoms with Crippen LogP contribution in [0.3, 0.4) is 0 Å². The van der Waals surface area contributed by atoms with Crippen LogP contribution in [-0.4, -0.2) is 39.1 Å². The van der Waals surface area contributed by atoms with Gasteiger partial charge in [0.05, 0.1) is 12.4 Å². The Hall–Kier alpha value is -2.80. The van der Waals surface area contributed by atoms with Crippen LogP contribution in [0.4, 0.5) is 0 Å². The lowest BCUT2D eigenvalue weighted by Gasteiger charge is -2.17. The fourth-order valence-corrected chi connectivity index (χ4v) is 4.76. The van der Waals surface area contributed by atoms with E-state index in [1.165, 1.54) is 24.6 Å². The van der Waals surface area contributed by atoms with Gasteiger partial charge in [-0.15, -0.1) is 10.2 Å². The van der Waals surface area contributed by atoms with Crippen LogP contribution >= 0.6 is 11.8 Å². The smallest absolute Gasteiger partial charge is 0.233 e. The Morgan fingerprint density at radius 1 is 1.16 bits per heavy atom. The molecule has 1 atom stereocenters. The van der Waals surface area contributed by atoms with Gasteiger partial charge >= 0.3 is 0 Å². The van der Waals surface area contributed by atoms with Gasteiger partial charge < -0.3 is 10.1 Å². The number of nitrogens with zero attached hydrogens (tertiary/aromatic N) is 3. The number of hydrogen-bond donors (Lipinski definition) is 1. The molecule has 0 spiro atoms. The lowest BCUT2D eigenvalue weighted by Crippen LogP contribution is -2.37. The lowest BCUT2D eigenvalue weighted by molar-refractivity contribution is -0.120. The molecule has 0 aliphatic heterocycles. The van der Waals surface area contributed by atoms with Crippen molar-refractivity contribution in [3.8, 4) is 22.8 Å². The predicted molar refractivity (Wildman–Crippen MR) is 124 cm³/mol. The van der Waals surface area contributed by atoms with E-state index in [9.17, 15) is 4.79 Å². The fourth-order valence-electron chi connectivity index (χ4n) is 3.88. The number of benzene rings is 2. The zero-order valence-corrected chi connectivity index (χ0v) is 19.0. The van der Waals surface area contributed by atoms with Gasteiger partial charge in [-0.3, -0.25) is 9.36 Å². The SMILES string of the molecule is COc1ccc(-n2c(SC(C)C(=O)NC3CCCC3)nnc2-c2cccc(C)c2)cc1. The highest BCUT2D eigenvalue weighted by atomic mass is 32.2. The molecule has 2 aromatic carbocycles. The highest BCUT2D eigenvalue weighted by Gasteiger charge is 2.24. The van der Waals surface area contributed by atoms with E-state index in [2.05, 4.69) is 34.6 Å². The number of aromatic nitrogens is 3. The van der Waals surface area contributed by atoms with Crippen molar-refractivity contribution in [1.82, 2.24) is 20.1 Å². The number of amides is 1. The number of aryl methyl sites for hydroxylation is 1. The summed E-state index contributed by atoms with van der Waals surface area (Å²) >= 11 is 1.43. The molecule has 6 nitrogen and oxygen atoms in total. The number of nitrogens with one attached hydrogen (secondary N) is 1. The Labute approximate surface area is 187 Å². The van der Waals surface area contributed by atoms with Crippen LogP contribution in [0.5, 0.6) is 5.75 Å². The van der Waals surface area contributed by atoms with Crippen LogP contribution in [0.1, 0.15) is 38.2 Å². The maximum atomic E-state index is 12.8. The fraction of sp³-hybridized carbons (Fsp3) is 0.375. The Balaban J connectivity index is 1.65. The summed E-state index contributed by atoms with van der Waals surface area (Å²) in [5.41, 5.74) is 3.06. The van der Waals surface area contributed by atoms with Gasteiger partial charge in [0.25, 0.3) is 0 Å². The summed E-state index contributed by atoms with van der Waals surface area (Å²) in [6.07, 6.45) is 4.53. The number of hydrogen-bond acceptors (Lipinski definition) is 5. The molecule has 4 rings (SSSR count). The molecule has 1 unspecified atom stereocenters. The quantitative estimate of drug-likeness (QED) is 0.539. The molecule has 7 heteroatoms. The van der Waals surface area contributed by atoms with Crippen LogP contribution in [0.2, 0.25) is 0 Å². The summed E-state index contributed by atoms with van der Waals surface area (Å²) in [5, 5.41) is 12.6. The van der Waals surface area contributed by atoms with E-state index in [1.54, 1.807) is 7.11 Å². The second kappa shape index (κ2) is 9.56. The number of carbonyl (C=O) groups excluding carboxylic acids is 1. The first-order chi connectivity index (χ1) is 15.0. The van der Waals surface area contributed by atoms with Crippen LogP contribution < -0.4 is 10.1 Å². The number of carbonyl (C=O) groups is 1. The summed E-state index contributed by atoms with van der Waals surface area (Å²) in [6, 6.07) is 16.3. The van der Waals surface area contributed by atoms with Crippen molar-refractivity contribution in [2.24, 2.45) is 0 Å². The molecule has 162 valence electrons. The molecule has 1 N–H and O–H groups in total. The van der Waals surface area contributed by atoms with Crippen LogP contribution in [-0.2, 0) is 4.79 Å². The van der Waals surface area contributed by atoms with Gasteiger partial charge in [0.1, 0.15) is 5.75 Å². The third kappa shape index (κ3) is 4.93. The molecule has 1 aliphatic carbocycles. The summed E-state index contributed by atoms with van der Waals surface area (Å²) in [7, 11) is 1.65. The van der Waals surface area contributed by atoms with Crippen LogP contribution in [0, 0.1) is 6.92 Å². The van der Waals surface area contributed by atoms with Gasteiger partial charge in [-0.1, -0.05) is 48.4 Å². The van der Waals surface area contributed by atoms with Gasteiger partial charge in [0.15, 0.2) is 11.0 Å². The Bertz CT molecular complexity index is 1040. The second-order valence-electron chi connectivity index (χ2n) is 7.96. The zero-order chi connectivity index (χ0) is 21.8. The van der Waals surface area contributed by atoms with Crippen molar-refractivity contribution < 1.29 is 9.53 Å². The van der Waals surface area contributed by atoms with Crippen molar-refractivity contribution in [1.29, 1.82) is 0 Å². The highest BCUT2D eigenvalue weighted by Crippen LogP contribution is 2.31. The number of thioether (sulfide) groups is 1. The van der Waals surface area contributed by atoms with Crippen LogP contribution in [0.25, 0.3) is 17.1 Å². The first-order valence-electron chi connectivity index (χ1n) is 10.7.